The highest BCUT2D eigenvalue weighted by Crippen LogP contribution is 2.07. The zero-order chi connectivity index (χ0) is 10.9. The first-order chi connectivity index (χ1) is 7.38. The van der Waals surface area contributed by atoms with Crippen LogP contribution in [0.15, 0.2) is 47.8 Å². The van der Waals surface area contributed by atoms with Crippen LogP contribution in [0.5, 0.6) is 0 Å². The van der Waals surface area contributed by atoms with Crippen molar-refractivity contribution in [3.05, 3.63) is 42.6 Å². The number of para-hydroxylation sites is 1. The molecule has 15 heavy (non-hydrogen) atoms. The van der Waals surface area contributed by atoms with E-state index in [4.69, 9.17) is 10.0 Å². The summed E-state index contributed by atoms with van der Waals surface area (Å²) in [5, 5.41) is 11.0. The second-order valence-electron chi connectivity index (χ2n) is 2.60. The van der Waals surface area contributed by atoms with Crippen LogP contribution >= 0.6 is 0 Å². The smallest absolute Gasteiger partial charge is 0.164 e. The minimum atomic E-state index is 0.389. The molecule has 4 nitrogen and oxygen atoms in total. The summed E-state index contributed by atoms with van der Waals surface area (Å²) in [5.41, 5.74) is 1.06. The maximum absolute atomic E-state index is 9.10. The van der Waals surface area contributed by atoms with E-state index in [1.807, 2.05) is 30.5 Å². The standard InChI is InChI=1S/C9H7N.C2H3NO2/c1-2-6-9-8(4-1)5-3-7-10-9;4-2-1-3-5/h1-7H;1-2,5H. The number of aldehydes is 1. The fourth-order valence-corrected chi connectivity index (χ4v) is 1.04. The molecule has 0 saturated carbocycles. The zero-order valence-corrected chi connectivity index (χ0v) is 7.95. The Hall–Kier alpha value is -2.23. The van der Waals surface area contributed by atoms with Gasteiger partial charge in [0.25, 0.3) is 0 Å². The van der Waals surface area contributed by atoms with Gasteiger partial charge in [-0.15, -0.1) is 0 Å². The molecular formula is C11H10N2O2. The average molecular weight is 202 g/mol. The van der Waals surface area contributed by atoms with Crippen LogP contribution < -0.4 is 0 Å². The maximum Gasteiger partial charge on any atom is 0.164 e. The Morgan fingerprint density at radius 3 is 2.53 bits per heavy atom. The van der Waals surface area contributed by atoms with Crippen LogP contribution in [-0.2, 0) is 4.79 Å². The molecule has 0 amide bonds. The molecule has 2 rings (SSSR count). The van der Waals surface area contributed by atoms with Gasteiger partial charge in [-0.05, 0) is 12.1 Å². The van der Waals surface area contributed by atoms with Gasteiger partial charge in [-0.1, -0.05) is 29.4 Å². The second-order valence-corrected chi connectivity index (χ2v) is 2.60. The number of carbonyl (C=O) groups excluding carboxylic acids is 1. The van der Waals surface area contributed by atoms with Crippen molar-refractivity contribution in [2.75, 3.05) is 0 Å². The fourth-order valence-electron chi connectivity index (χ4n) is 1.04. The van der Waals surface area contributed by atoms with Gasteiger partial charge in [-0.3, -0.25) is 9.78 Å². The topological polar surface area (TPSA) is 62.5 Å². The van der Waals surface area contributed by atoms with Crippen LogP contribution in [0.25, 0.3) is 10.9 Å². The van der Waals surface area contributed by atoms with Gasteiger partial charge in [-0.25, -0.2) is 0 Å². The summed E-state index contributed by atoms with van der Waals surface area (Å²) in [6, 6.07) is 12.1. The van der Waals surface area contributed by atoms with E-state index in [1.165, 1.54) is 5.39 Å². The van der Waals surface area contributed by atoms with Crippen molar-refractivity contribution in [3.63, 3.8) is 0 Å². The maximum atomic E-state index is 9.10. The lowest BCUT2D eigenvalue weighted by Crippen LogP contribution is -1.73. The van der Waals surface area contributed by atoms with Crippen molar-refractivity contribution < 1.29 is 10.0 Å². The van der Waals surface area contributed by atoms with Crippen molar-refractivity contribution in [2.24, 2.45) is 5.16 Å². The minimum Gasteiger partial charge on any atom is -0.411 e. The third kappa shape index (κ3) is 3.56. The largest absolute Gasteiger partial charge is 0.411 e. The van der Waals surface area contributed by atoms with Crippen LogP contribution in [0.2, 0.25) is 0 Å². The highest BCUT2D eigenvalue weighted by atomic mass is 16.4. The van der Waals surface area contributed by atoms with Crippen molar-refractivity contribution in [1.29, 1.82) is 0 Å². The Balaban J connectivity index is 0.000000195. The molecule has 76 valence electrons. The molecule has 1 aromatic carbocycles. The number of oxime groups is 1. The predicted molar refractivity (Wildman–Crippen MR) is 58.1 cm³/mol. The van der Waals surface area contributed by atoms with Gasteiger partial charge in [0, 0.05) is 11.6 Å². The van der Waals surface area contributed by atoms with Gasteiger partial charge in [0.15, 0.2) is 6.29 Å². The Kier molecular flexibility index (Phi) is 4.53. The van der Waals surface area contributed by atoms with Crippen LogP contribution in [0.4, 0.5) is 0 Å². The van der Waals surface area contributed by atoms with Crippen LogP contribution in [0, 0.1) is 0 Å². The molecule has 1 heterocycles. The Labute approximate surface area is 86.9 Å². The monoisotopic (exact) mass is 202 g/mol. The molecule has 0 radical (unpaired) electrons. The molecule has 4 heteroatoms. The Morgan fingerprint density at radius 1 is 1.20 bits per heavy atom. The summed E-state index contributed by atoms with van der Waals surface area (Å²) in [5.74, 6) is 0. The Morgan fingerprint density at radius 2 is 1.93 bits per heavy atom. The van der Waals surface area contributed by atoms with Gasteiger partial charge in [0.05, 0.1) is 5.52 Å². The molecular weight excluding hydrogens is 192 g/mol. The molecule has 0 fully saturated rings. The summed E-state index contributed by atoms with van der Waals surface area (Å²) in [6.07, 6.45) is 2.95. The SMILES string of the molecule is O=CC=NO.c1ccc2ncccc2c1. The molecule has 0 aliphatic rings. The molecule has 0 spiro atoms. The first-order valence-electron chi connectivity index (χ1n) is 4.29. The third-order valence-electron chi connectivity index (χ3n) is 1.64. The number of hydrogen-bond acceptors (Lipinski definition) is 4. The van der Waals surface area contributed by atoms with E-state index in [0.717, 1.165) is 11.7 Å². The molecule has 0 aliphatic carbocycles. The first kappa shape index (κ1) is 10.8. The van der Waals surface area contributed by atoms with Gasteiger partial charge in [0.1, 0.15) is 6.21 Å². The number of aromatic nitrogens is 1. The lowest BCUT2D eigenvalue weighted by molar-refractivity contribution is -0.102. The average Bonchev–Trinajstić information content (AvgIpc) is 2.31. The highest BCUT2D eigenvalue weighted by Gasteiger charge is 1.86. The van der Waals surface area contributed by atoms with Gasteiger partial charge >= 0.3 is 0 Å². The lowest BCUT2D eigenvalue weighted by Gasteiger charge is -1.91. The van der Waals surface area contributed by atoms with Crippen molar-refractivity contribution >= 4 is 23.4 Å². The van der Waals surface area contributed by atoms with Crippen LogP contribution in [0.3, 0.4) is 0 Å². The molecule has 0 bridgehead atoms. The summed E-state index contributed by atoms with van der Waals surface area (Å²) in [6.45, 7) is 0. The number of pyridine rings is 1. The quantitative estimate of drug-likeness (QED) is 0.332. The number of hydrogen-bond donors (Lipinski definition) is 1. The van der Waals surface area contributed by atoms with Gasteiger partial charge < -0.3 is 5.21 Å². The Bertz CT molecular complexity index is 390. The molecule has 2 aromatic rings. The zero-order valence-electron chi connectivity index (χ0n) is 7.95. The van der Waals surface area contributed by atoms with E-state index in [-0.39, 0.29) is 0 Å². The molecule has 0 aliphatic heterocycles. The first-order valence-corrected chi connectivity index (χ1v) is 4.29. The van der Waals surface area contributed by atoms with E-state index in [9.17, 15) is 0 Å². The van der Waals surface area contributed by atoms with E-state index < -0.39 is 0 Å². The number of benzene rings is 1. The number of carbonyl (C=O) groups is 1. The lowest BCUT2D eigenvalue weighted by atomic mass is 10.2. The van der Waals surface area contributed by atoms with E-state index in [0.29, 0.717) is 6.29 Å². The van der Waals surface area contributed by atoms with Crippen LogP contribution in [-0.4, -0.2) is 22.7 Å². The third-order valence-corrected chi connectivity index (χ3v) is 1.64. The molecule has 1 N–H and O–H groups in total. The number of rotatable bonds is 1. The van der Waals surface area contributed by atoms with E-state index >= 15 is 0 Å². The molecule has 0 unspecified atom stereocenters. The molecule has 0 saturated heterocycles. The summed E-state index contributed by atoms with van der Waals surface area (Å²) >= 11 is 0. The van der Waals surface area contributed by atoms with Crippen molar-refractivity contribution in [3.8, 4) is 0 Å². The molecule has 0 atom stereocenters. The fraction of sp³-hybridized carbons (Fsp3) is 0. The van der Waals surface area contributed by atoms with Crippen molar-refractivity contribution in [1.82, 2.24) is 4.98 Å². The molecule has 1 aromatic heterocycles. The summed E-state index contributed by atoms with van der Waals surface area (Å²) in [7, 11) is 0. The van der Waals surface area contributed by atoms with E-state index in [1.54, 1.807) is 0 Å². The van der Waals surface area contributed by atoms with Crippen molar-refractivity contribution in [2.45, 2.75) is 0 Å². The normalized spacial score (nSPS) is 9.60. The van der Waals surface area contributed by atoms with E-state index in [2.05, 4.69) is 22.3 Å². The number of nitrogens with zero attached hydrogens (tertiary/aromatic N) is 2. The number of fused-ring (bicyclic) bond motifs is 1. The van der Waals surface area contributed by atoms with Gasteiger partial charge in [-0.2, -0.15) is 0 Å². The minimum absolute atomic E-state index is 0.389. The van der Waals surface area contributed by atoms with Crippen LogP contribution in [0.1, 0.15) is 0 Å². The highest BCUT2D eigenvalue weighted by molar-refractivity contribution is 6.12. The predicted octanol–water partition coefficient (Wildman–Crippen LogP) is 1.88. The summed E-state index contributed by atoms with van der Waals surface area (Å²) < 4.78 is 0. The second kappa shape index (κ2) is 6.26. The van der Waals surface area contributed by atoms with Gasteiger partial charge in [0.2, 0.25) is 0 Å². The summed E-state index contributed by atoms with van der Waals surface area (Å²) in [4.78, 5) is 13.3.